The first kappa shape index (κ1) is 30.2. The summed E-state index contributed by atoms with van der Waals surface area (Å²) in [5, 5.41) is 4.43. The Bertz CT molecular complexity index is 1370. The van der Waals surface area contributed by atoms with Crippen molar-refractivity contribution in [3.05, 3.63) is 95.7 Å². The number of nitrogens with zero attached hydrogens (tertiary/aromatic N) is 2. The first-order chi connectivity index (χ1) is 19.9. The molecule has 0 aliphatic carbocycles. The van der Waals surface area contributed by atoms with E-state index in [1.54, 1.807) is 14.2 Å². The van der Waals surface area contributed by atoms with E-state index in [0.717, 1.165) is 61.1 Å². The van der Waals surface area contributed by atoms with E-state index in [9.17, 15) is 4.79 Å². The summed E-state index contributed by atoms with van der Waals surface area (Å²) in [5.41, 5.74) is 4.50. The monoisotopic (exact) mass is 555 g/mol. The minimum atomic E-state index is -0.177. The zero-order valence-electron chi connectivity index (χ0n) is 25.2. The summed E-state index contributed by atoms with van der Waals surface area (Å²) in [6.07, 6.45) is 4.56. The van der Waals surface area contributed by atoms with Crippen LogP contribution in [0.4, 0.5) is 0 Å². The summed E-state index contributed by atoms with van der Waals surface area (Å²) in [4.78, 5) is 16.0. The number of hydrogen-bond donors (Lipinski definition) is 1. The molecule has 4 aromatic rings. The van der Waals surface area contributed by atoms with Crippen molar-refractivity contribution in [2.45, 2.75) is 58.5 Å². The van der Waals surface area contributed by atoms with Gasteiger partial charge < -0.3 is 24.3 Å². The fourth-order valence-electron chi connectivity index (χ4n) is 5.65. The molecule has 0 unspecified atom stereocenters. The maximum Gasteiger partial charge on any atom is 0.221 e. The Morgan fingerprint density at radius 3 is 2.24 bits per heavy atom. The highest BCUT2D eigenvalue weighted by molar-refractivity contribution is 5.87. The van der Waals surface area contributed by atoms with Gasteiger partial charge in [-0.05, 0) is 74.3 Å². The number of amides is 1. The average Bonchev–Trinajstić information content (AvgIpc) is 3.36. The number of ether oxygens (including phenoxy) is 2. The van der Waals surface area contributed by atoms with Crippen LogP contribution in [0.3, 0.4) is 0 Å². The Kier molecular flexibility index (Phi) is 10.9. The molecule has 0 saturated carbocycles. The molecule has 0 saturated heterocycles. The van der Waals surface area contributed by atoms with Gasteiger partial charge in [0, 0.05) is 48.1 Å². The maximum atomic E-state index is 13.6. The van der Waals surface area contributed by atoms with Gasteiger partial charge in [0.25, 0.3) is 0 Å². The number of para-hydroxylation sites is 1. The van der Waals surface area contributed by atoms with Crippen LogP contribution in [0.2, 0.25) is 0 Å². The zero-order valence-corrected chi connectivity index (χ0v) is 25.2. The standard InChI is InChI=1S/C35H45N3O3/c1-6-37(7-2)19-13-14-26(3)36-35(39)23-32(28-20-29(40-4)22-30(21-28)41-5)33-25-38(24-27-15-9-8-10-16-27)34-18-12-11-17-31(33)34/h8-12,15-18,20-22,25-26,32H,6-7,13-14,19,23-24H2,1-5H3,(H,36,39)/t26-,32+/m0/s1. The zero-order chi connectivity index (χ0) is 29.2. The third-order valence-electron chi connectivity index (χ3n) is 7.97. The minimum Gasteiger partial charge on any atom is -0.497 e. The highest BCUT2D eigenvalue weighted by Crippen LogP contribution is 2.38. The molecular formula is C35H45N3O3. The van der Waals surface area contributed by atoms with Gasteiger partial charge in [-0.2, -0.15) is 0 Å². The van der Waals surface area contributed by atoms with Crippen LogP contribution in [0.1, 0.15) is 62.6 Å². The van der Waals surface area contributed by atoms with E-state index in [2.05, 4.69) is 90.3 Å². The highest BCUT2D eigenvalue weighted by Gasteiger charge is 2.25. The van der Waals surface area contributed by atoms with Gasteiger partial charge in [-0.15, -0.1) is 0 Å². The van der Waals surface area contributed by atoms with Crippen molar-refractivity contribution in [2.75, 3.05) is 33.9 Å². The van der Waals surface area contributed by atoms with Crippen molar-refractivity contribution in [1.82, 2.24) is 14.8 Å². The molecule has 6 nitrogen and oxygen atoms in total. The van der Waals surface area contributed by atoms with Crippen LogP contribution in [-0.2, 0) is 11.3 Å². The quantitative estimate of drug-likeness (QED) is 0.174. The van der Waals surface area contributed by atoms with Crippen LogP contribution >= 0.6 is 0 Å². The molecule has 1 amide bonds. The largest absolute Gasteiger partial charge is 0.497 e. The van der Waals surface area contributed by atoms with Gasteiger partial charge >= 0.3 is 0 Å². The molecular weight excluding hydrogens is 510 g/mol. The minimum absolute atomic E-state index is 0.0482. The lowest BCUT2D eigenvalue weighted by molar-refractivity contribution is -0.121. The second-order valence-corrected chi connectivity index (χ2v) is 10.8. The summed E-state index contributed by atoms with van der Waals surface area (Å²) in [6.45, 7) is 10.4. The molecule has 0 fully saturated rings. The van der Waals surface area contributed by atoms with Crippen LogP contribution in [0.5, 0.6) is 11.5 Å². The van der Waals surface area contributed by atoms with Crippen molar-refractivity contribution in [3.8, 4) is 11.5 Å². The van der Waals surface area contributed by atoms with E-state index in [-0.39, 0.29) is 17.9 Å². The van der Waals surface area contributed by atoms with Crippen molar-refractivity contribution in [1.29, 1.82) is 0 Å². The molecule has 0 radical (unpaired) electrons. The van der Waals surface area contributed by atoms with E-state index >= 15 is 0 Å². The Morgan fingerprint density at radius 1 is 0.927 bits per heavy atom. The van der Waals surface area contributed by atoms with Gasteiger partial charge in [0.2, 0.25) is 5.91 Å². The van der Waals surface area contributed by atoms with Crippen LogP contribution < -0.4 is 14.8 Å². The predicted octanol–water partition coefficient (Wildman–Crippen LogP) is 6.86. The van der Waals surface area contributed by atoms with Crippen LogP contribution in [0, 0.1) is 0 Å². The number of aromatic nitrogens is 1. The average molecular weight is 556 g/mol. The molecule has 6 heteroatoms. The molecule has 218 valence electrons. The maximum absolute atomic E-state index is 13.6. The number of carbonyl (C=O) groups is 1. The van der Waals surface area contributed by atoms with Gasteiger partial charge in [0.05, 0.1) is 14.2 Å². The van der Waals surface area contributed by atoms with Gasteiger partial charge in [-0.3, -0.25) is 4.79 Å². The molecule has 0 aliphatic heterocycles. The Labute approximate surface area is 245 Å². The normalized spacial score (nSPS) is 12.8. The van der Waals surface area contributed by atoms with Crippen molar-refractivity contribution < 1.29 is 14.3 Å². The molecule has 4 rings (SSSR count). The smallest absolute Gasteiger partial charge is 0.221 e. The molecule has 0 spiro atoms. The van der Waals surface area contributed by atoms with Crippen molar-refractivity contribution in [2.24, 2.45) is 0 Å². The lowest BCUT2D eigenvalue weighted by atomic mass is 9.87. The van der Waals surface area contributed by atoms with Crippen molar-refractivity contribution in [3.63, 3.8) is 0 Å². The second kappa shape index (κ2) is 14.7. The number of benzene rings is 3. The molecule has 3 aromatic carbocycles. The third kappa shape index (κ3) is 7.92. The number of nitrogens with one attached hydrogen (secondary N) is 1. The SMILES string of the molecule is CCN(CC)CCC[C@H](C)NC(=O)C[C@H](c1cc(OC)cc(OC)c1)c1cn(Cc2ccccc2)c2ccccc12. The second-order valence-electron chi connectivity index (χ2n) is 10.8. The molecule has 1 heterocycles. The number of methoxy groups -OCH3 is 2. The predicted molar refractivity (Wildman–Crippen MR) is 168 cm³/mol. The fraction of sp³-hybridized carbons (Fsp3) is 0.400. The van der Waals surface area contributed by atoms with Gasteiger partial charge in [0.15, 0.2) is 0 Å². The first-order valence-corrected chi connectivity index (χ1v) is 14.8. The molecule has 1 N–H and O–H groups in total. The van der Waals surface area contributed by atoms with E-state index in [4.69, 9.17) is 9.47 Å². The molecule has 2 atom stereocenters. The molecule has 0 bridgehead atoms. The highest BCUT2D eigenvalue weighted by atomic mass is 16.5. The molecule has 0 aliphatic rings. The van der Waals surface area contributed by atoms with E-state index in [0.29, 0.717) is 17.9 Å². The fourth-order valence-corrected chi connectivity index (χ4v) is 5.65. The Morgan fingerprint density at radius 2 is 1.59 bits per heavy atom. The van der Waals surface area contributed by atoms with E-state index in [1.165, 1.54) is 5.56 Å². The van der Waals surface area contributed by atoms with Gasteiger partial charge in [0.1, 0.15) is 11.5 Å². The number of rotatable bonds is 15. The summed E-state index contributed by atoms with van der Waals surface area (Å²) in [6, 6.07) is 25.0. The summed E-state index contributed by atoms with van der Waals surface area (Å²) in [7, 11) is 3.32. The van der Waals surface area contributed by atoms with Crippen LogP contribution in [0.25, 0.3) is 10.9 Å². The Hall–Kier alpha value is -3.77. The molecule has 41 heavy (non-hydrogen) atoms. The third-order valence-corrected chi connectivity index (χ3v) is 7.97. The lowest BCUT2D eigenvalue weighted by Gasteiger charge is -2.22. The summed E-state index contributed by atoms with van der Waals surface area (Å²) in [5.74, 6) is 1.29. The first-order valence-electron chi connectivity index (χ1n) is 14.8. The number of hydrogen-bond acceptors (Lipinski definition) is 4. The lowest BCUT2D eigenvalue weighted by Crippen LogP contribution is -2.34. The van der Waals surface area contributed by atoms with E-state index in [1.807, 2.05) is 24.3 Å². The summed E-state index contributed by atoms with van der Waals surface area (Å²) < 4.78 is 13.5. The van der Waals surface area contributed by atoms with Gasteiger partial charge in [-0.25, -0.2) is 0 Å². The van der Waals surface area contributed by atoms with Crippen LogP contribution in [0.15, 0.2) is 79.0 Å². The number of fused-ring (bicyclic) bond motifs is 1. The summed E-state index contributed by atoms with van der Waals surface area (Å²) >= 11 is 0. The van der Waals surface area contributed by atoms with Gasteiger partial charge in [-0.1, -0.05) is 62.4 Å². The van der Waals surface area contributed by atoms with Crippen molar-refractivity contribution >= 4 is 16.8 Å². The molecule has 1 aromatic heterocycles. The topological polar surface area (TPSA) is 55.7 Å². The number of carbonyl (C=O) groups excluding carboxylic acids is 1. The van der Waals surface area contributed by atoms with E-state index < -0.39 is 0 Å². The van der Waals surface area contributed by atoms with Crippen LogP contribution in [-0.4, -0.2) is 55.3 Å². The Balaban J connectivity index is 1.65.